The van der Waals surface area contributed by atoms with Crippen molar-refractivity contribution in [3.8, 4) is 0 Å². The molecule has 0 radical (unpaired) electrons. The van der Waals surface area contributed by atoms with Crippen molar-refractivity contribution < 1.29 is 4.79 Å². The van der Waals surface area contributed by atoms with Crippen molar-refractivity contribution >= 4 is 40.5 Å². The van der Waals surface area contributed by atoms with Gasteiger partial charge in [-0.2, -0.15) is 0 Å². The zero-order valence-electron chi connectivity index (χ0n) is 11.6. The van der Waals surface area contributed by atoms with Gasteiger partial charge in [0.1, 0.15) is 0 Å². The number of hydrogen-bond acceptors (Lipinski definition) is 2. The number of amides is 1. The van der Waals surface area contributed by atoms with E-state index in [4.69, 9.17) is 23.2 Å². The van der Waals surface area contributed by atoms with Gasteiger partial charge in [-0.15, -0.1) is 0 Å². The Balaban J connectivity index is 1.81. The molecule has 2 aromatic carbocycles. The predicted octanol–water partition coefficient (Wildman–Crippen LogP) is 4.74. The van der Waals surface area contributed by atoms with E-state index < -0.39 is 0 Å². The molecule has 3 nitrogen and oxygen atoms in total. The molecule has 0 aliphatic rings. The summed E-state index contributed by atoms with van der Waals surface area (Å²) in [7, 11) is 0. The Kier molecular flexibility index (Phi) is 5.48. The summed E-state index contributed by atoms with van der Waals surface area (Å²) in [5.41, 5.74) is 2.77. The lowest BCUT2D eigenvalue weighted by Crippen LogP contribution is -2.16. The number of nitrogens with one attached hydrogen (secondary N) is 2. The standard InChI is InChI=1S/C16H16Cl2N2O/c1-11-2-5-13(6-3-11)19-9-8-16(21)20-15-7-4-12(17)10-14(15)18/h2-7,10,19H,8-9H2,1H3,(H,20,21). The predicted molar refractivity (Wildman–Crippen MR) is 89.4 cm³/mol. The molecule has 110 valence electrons. The van der Waals surface area contributed by atoms with Crippen LogP contribution in [0.4, 0.5) is 11.4 Å². The van der Waals surface area contributed by atoms with Crippen molar-refractivity contribution in [1.29, 1.82) is 0 Å². The second kappa shape index (κ2) is 7.34. The van der Waals surface area contributed by atoms with Crippen LogP contribution in [-0.4, -0.2) is 12.5 Å². The van der Waals surface area contributed by atoms with E-state index >= 15 is 0 Å². The first-order valence-corrected chi connectivity index (χ1v) is 7.35. The zero-order valence-corrected chi connectivity index (χ0v) is 13.1. The molecular weight excluding hydrogens is 307 g/mol. The van der Waals surface area contributed by atoms with Gasteiger partial charge >= 0.3 is 0 Å². The van der Waals surface area contributed by atoms with Gasteiger partial charge in [-0.05, 0) is 37.3 Å². The fraction of sp³-hybridized carbons (Fsp3) is 0.188. The van der Waals surface area contributed by atoms with Crippen LogP contribution in [0.25, 0.3) is 0 Å². The number of carbonyl (C=O) groups is 1. The number of halogens is 2. The van der Waals surface area contributed by atoms with E-state index in [1.807, 2.05) is 31.2 Å². The van der Waals surface area contributed by atoms with Crippen LogP contribution in [0.15, 0.2) is 42.5 Å². The van der Waals surface area contributed by atoms with E-state index in [-0.39, 0.29) is 5.91 Å². The van der Waals surface area contributed by atoms with Gasteiger partial charge in [0.05, 0.1) is 10.7 Å². The molecule has 0 bridgehead atoms. The Bertz CT molecular complexity index is 627. The van der Waals surface area contributed by atoms with E-state index in [1.165, 1.54) is 5.56 Å². The van der Waals surface area contributed by atoms with Crippen molar-refractivity contribution in [2.45, 2.75) is 13.3 Å². The largest absolute Gasteiger partial charge is 0.385 e. The lowest BCUT2D eigenvalue weighted by Gasteiger charge is -2.09. The van der Waals surface area contributed by atoms with Crippen LogP contribution in [0.1, 0.15) is 12.0 Å². The molecule has 0 heterocycles. The summed E-state index contributed by atoms with van der Waals surface area (Å²) in [5, 5.41) is 6.93. The number of rotatable bonds is 5. The highest BCUT2D eigenvalue weighted by atomic mass is 35.5. The third-order valence-electron chi connectivity index (χ3n) is 2.94. The van der Waals surface area contributed by atoms with Gasteiger partial charge < -0.3 is 10.6 Å². The van der Waals surface area contributed by atoms with Gasteiger partial charge in [0, 0.05) is 23.7 Å². The van der Waals surface area contributed by atoms with Gasteiger partial charge in [0.2, 0.25) is 5.91 Å². The van der Waals surface area contributed by atoms with Crippen molar-refractivity contribution in [1.82, 2.24) is 0 Å². The Labute approximate surface area is 134 Å². The van der Waals surface area contributed by atoms with Gasteiger partial charge in [-0.3, -0.25) is 4.79 Å². The molecule has 0 saturated carbocycles. The molecule has 2 N–H and O–H groups in total. The van der Waals surface area contributed by atoms with Gasteiger partial charge in [-0.1, -0.05) is 40.9 Å². The minimum atomic E-state index is -0.0983. The number of hydrogen-bond donors (Lipinski definition) is 2. The molecule has 5 heteroatoms. The summed E-state index contributed by atoms with van der Waals surface area (Å²) < 4.78 is 0. The first-order chi connectivity index (χ1) is 10.0. The quantitative estimate of drug-likeness (QED) is 0.834. The summed E-state index contributed by atoms with van der Waals surface area (Å²) in [5.74, 6) is -0.0983. The Morgan fingerprint density at radius 1 is 1.10 bits per heavy atom. The van der Waals surface area contributed by atoms with Crippen LogP contribution in [0.2, 0.25) is 10.0 Å². The molecule has 0 saturated heterocycles. The topological polar surface area (TPSA) is 41.1 Å². The van der Waals surface area contributed by atoms with Crippen molar-refractivity contribution in [2.75, 3.05) is 17.2 Å². The van der Waals surface area contributed by atoms with E-state index in [0.29, 0.717) is 28.7 Å². The number of aryl methyl sites for hydroxylation is 1. The van der Waals surface area contributed by atoms with E-state index in [1.54, 1.807) is 18.2 Å². The zero-order chi connectivity index (χ0) is 15.2. The summed E-state index contributed by atoms with van der Waals surface area (Å²) in [4.78, 5) is 11.9. The Morgan fingerprint density at radius 2 is 1.81 bits per heavy atom. The smallest absolute Gasteiger partial charge is 0.226 e. The lowest BCUT2D eigenvalue weighted by atomic mass is 10.2. The van der Waals surface area contributed by atoms with Crippen LogP contribution in [0.5, 0.6) is 0 Å². The van der Waals surface area contributed by atoms with Crippen LogP contribution >= 0.6 is 23.2 Å². The van der Waals surface area contributed by atoms with Crippen LogP contribution < -0.4 is 10.6 Å². The highest BCUT2D eigenvalue weighted by molar-refractivity contribution is 6.36. The second-order valence-corrected chi connectivity index (χ2v) is 5.56. The van der Waals surface area contributed by atoms with Crippen LogP contribution in [-0.2, 0) is 4.79 Å². The van der Waals surface area contributed by atoms with Gasteiger partial charge in [-0.25, -0.2) is 0 Å². The third kappa shape index (κ3) is 4.96. The van der Waals surface area contributed by atoms with Crippen molar-refractivity contribution in [3.05, 3.63) is 58.1 Å². The number of benzene rings is 2. The van der Waals surface area contributed by atoms with E-state index in [0.717, 1.165) is 5.69 Å². The second-order valence-electron chi connectivity index (χ2n) is 4.72. The van der Waals surface area contributed by atoms with Crippen LogP contribution in [0, 0.1) is 6.92 Å². The maximum Gasteiger partial charge on any atom is 0.226 e. The average Bonchev–Trinajstić information content (AvgIpc) is 2.44. The first-order valence-electron chi connectivity index (χ1n) is 6.60. The van der Waals surface area contributed by atoms with Crippen molar-refractivity contribution in [3.63, 3.8) is 0 Å². The molecule has 1 amide bonds. The molecular formula is C16H16Cl2N2O. The van der Waals surface area contributed by atoms with Gasteiger partial charge in [0.25, 0.3) is 0 Å². The summed E-state index contributed by atoms with van der Waals surface area (Å²) in [6.07, 6.45) is 0.354. The van der Waals surface area contributed by atoms with Crippen molar-refractivity contribution in [2.24, 2.45) is 0 Å². The molecule has 0 unspecified atom stereocenters. The molecule has 2 rings (SSSR count). The maximum atomic E-state index is 11.9. The third-order valence-corrected chi connectivity index (χ3v) is 3.49. The summed E-state index contributed by atoms with van der Waals surface area (Å²) >= 11 is 11.8. The summed E-state index contributed by atoms with van der Waals surface area (Å²) in [6.45, 7) is 2.59. The van der Waals surface area contributed by atoms with E-state index in [9.17, 15) is 4.79 Å². The molecule has 0 atom stereocenters. The monoisotopic (exact) mass is 322 g/mol. The van der Waals surface area contributed by atoms with E-state index in [2.05, 4.69) is 10.6 Å². The molecule has 0 aliphatic heterocycles. The molecule has 0 spiro atoms. The first kappa shape index (κ1) is 15.7. The van der Waals surface area contributed by atoms with Crippen LogP contribution in [0.3, 0.4) is 0 Å². The molecule has 2 aromatic rings. The van der Waals surface area contributed by atoms with Gasteiger partial charge in [0.15, 0.2) is 0 Å². The fourth-order valence-electron chi connectivity index (χ4n) is 1.80. The highest BCUT2D eigenvalue weighted by Gasteiger charge is 2.06. The SMILES string of the molecule is Cc1ccc(NCCC(=O)Nc2ccc(Cl)cc2Cl)cc1. The Morgan fingerprint density at radius 3 is 2.48 bits per heavy atom. The molecule has 0 aliphatic carbocycles. The summed E-state index contributed by atoms with van der Waals surface area (Å²) in [6, 6.07) is 13.0. The number of anilines is 2. The minimum absolute atomic E-state index is 0.0983. The normalized spacial score (nSPS) is 10.2. The fourth-order valence-corrected chi connectivity index (χ4v) is 2.25. The maximum absolute atomic E-state index is 11.9. The highest BCUT2D eigenvalue weighted by Crippen LogP contribution is 2.25. The minimum Gasteiger partial charge on any atom is -0.385 e. The lowest BCUT2D eigenvalue weighted by molar-refractivity contribution is -0.115. The molecule has 21 heavy (non-hydrogen) atoms. The Hall–Kier alpha value is -1.71. The average molecular weight is 323 g/mol. The number of carbonyl (C=O) groups excluding carboxylic acids is 1. The molecule has 0 fully saturated rings. The molecule has 0 aromatic heterocycles.